The zero-order valence-electron chi connectivity index (χ0n) is 16.5. The number of fused-ring (bicyclic) bond motifs is 2. The molecule has 1 aromatic carbocycles. The molecule has 1 atom stereocenters. The highest BCUT2D eigenvalue weighted by atomic mass is 16.1. The summed E-state index contributed by atoms with van der Waals surface area (Å²) in [5.74, 6) is 0.763. The molecule has 0 bridgehead atoms. The Morgan fingerprint density at radius 2 is 1.97 bits per heavy atom. The van der Waals surface area contributed by atoms with E-state index in [-0.39, 0.29) is 5.78 Å². The van der Waals surface area contributed by atoms with Crippen LogP contribution in [0.1, 0.15) is 42.2 Å². The molecule has 29 heavy (non-hydrogen) atoms. The highest BCUT2D eigenvalue weighted by Crippen LogP contribution is 2.31. The third kappa shape index (κ3) is 3.35. The van der Waals surface area contributed by atoms with Crippen LogP contribution in [0.2, 0.25) is 0 Å². The van der Waals surface area contributed by atoms with Gasteiger partial charge in [-0.15, -0.1) is 0 Å². The minimum absolute atomic E-state index is 0.264. The SMILES string of the molecule is CCC1CCc2[nH]c(-c3ccnc(-c4cnc5ccccc5c4)c3)cc2C(=O)C1. The van der Waals surface area contributed by atoms with Crippen molar-refractivity contribution in [2.45, 2.75) is 32.6 Å². The fourth-order valence-electron chi connectivity index (χ4n) is 4.24. The maximum absolute atomic E-state index is 12.7. The summed E-state index contributed by atoms with van der Waals surface area (Å²) in [7, 11) is 0. The molecule has 1 aliphatic carbocycles. The van der Waals surface area contributed by atoms with E-state index in [4.69, 9.17) is 0 Å². The summed E-state index contributed by atoms with van der Waals surface area (Å²) in [4.78, 5) is 25.3. The summed E-state index contributed by atoms with van der Waals surface area (Å²) in [5.41, 5.74) is 6.80. The number of benzene rings is 1. The van der Waals surface area contributed by atoms with Crippen molar-refractivity contribution in [3.05, 3.63) is 72.2 Å². The molecule has 0 aliphatic heterocycles. The number of rotatable bonds is 3. The number of hydrogen-bond acceptors (Lipinski definition) is 3. The number of ketones is 1. The number of aromatic amines is 1. The Hall–Kier alpha value is -3.27. The van der Waals surface area contributed by atoms with Gasteiger partial charge in [0.15, 0.2) is 5.78 Å². The van der Waals surface area contributed by atoms with Gasteiger partial charge in [0.25, 0.3) is 0 Å². The van der Waals surface area contributed by atoms with Gasteiger partial charge in [-0.1, -0.05) is 31.5 Å². The molecule has 3 heterocycles. The van der Waals surface area contributed by atoms with Crippen LogP contribution in [-0.2, 0) is 6.42 Å². The highest BCUT2D eigenvalue weighted by molar-refractivity contribution is 5.99. The predicted octanol–water partition coefficient (Wildman–Crippen LogP) is 5.84. The molecule has 4 nitrogen and oxygen atoms in total. The third-order valence-corrected chi connectivity index (χ3v) is 6.01. The standard InChI is InChI=1S/C25H23N3O/c1-2-16-7-8-22-20(25(29)11-16)14-24(28-22)18-9-10-26-23(13-18)19-12-17-5-3-4-6-21(17)27-15-19/h3-6,9-10,12-16,28H,2,7-8,11H2,1H3. The van der Waals surface area contributed by atoms with Crippen molar-refractivity contribution in [3.63, 3.8) is 0 Å². The molecule has 0 saturated heterocycles. The zero-order chi connectivity index (χ0) is 19.8. The average Bonchev–Trinajstić information content (AvgIpc) is 3.14. The fourth-order valence-corrected chi connectivity index (χ4v) is 4.24. The lowest BCUT2D eigenvalue weighted by Crippen LogP contribution is -2.04. The molecule has 0 radical (unpaired) electrons. The second kappa shape index (κ2) is 7.28. The van der Waals surface area contributed by atoms with Gasteiger partial charge in [0.05, 0.1) is 11.2 Å². The summed E-state index contributed by atoms with van der Waals surface area (Å²) in [6, 6.07) is 16.3. The molecule has 1 unspecified atom stereocenters. The topological polar surface area (TPSA) is 58.6 Å². The Morgan fingerprint density at radius 1 is 1.07 bits per heavy atom. The molecule has 3 aromatic heterocycles. The zero-order valence-corrected chi connectivity index (χ0v) is 16.5. The van der Waals surface area contributed by atoms with E-state index in [2.05, 4.69) is 40.1 Å². The lowest BCUT2D eigenvalue weighted by atomic mass is 9.96. The van der Waals surface area contributed by atoms with E-state index in [1.165, 1.54) is 0 Å². The normalized spacial score (nSPS) is 16.6. The Kier molecular flexibility index (Phi) is 4.47. The summed E-state index contributed by atoms with van der Waals surface area (Å²) >= 11 is 0. The second-order valence-corrected chi connectivity index (χ2v) is 7.86. The lowest BCUT2D eigenvalue weighted by Gasteiger charge is -2.09. The van der Waals surface area contributed by atoms with E-state index < -0.39 is 0 Å². The number of nitrogens with one attached hydrogen (secondary N) is 1. The first-order valence-electron chi connectivity index (χ1n) is 10.3. The molecule has 144 valence electrons. The molecular formula is C25H23N3O. The van der Waals surface area contributed by atoms with Crippen LogP contribution in [0.3, 0.4) is 0 Å². The van der Waals surface area contributed by atoms with Gasteiger partial charge < -0.3 is 4.98 Å². The number of hydrogen-bond donors (Lipinski definition) is 1. The molecule has 1 aliphatic rings. The number of H-pyrrole nitrogens is 1. The Labute approximate surface area is 170 Å². The first-order valence-corrected chi connectivity index (χ1v) is 10.3. The van der Waals surface area contributed by atoms with Crippen molar-refractivity contribution in [2.24, 2.45) is 5.92 Å². The van der Waals surface area contributed by atoms with Crippen LogP contribution in [0.5, 0.6) is 0 Å². The number of carbonyl (C=O) groups is 1. The van der Waals surface area contributed by atoms with E-state index in [0.29, 0.717) is 12.3 Å². The smallest absolute Gasteiger partial charge is 0.164 e. The van der Waals surface area contributed by atoms with Crippen LogP contribution in [-0.4, -0.2) is 20.7 Å². The summed E-state index contributed by atoms with van der Waals surface area (Å²) in [6.45, 7) is 2.17. The van der Waals surface area contributed by atoms with Crippen molar-refractivity contribution in [3.8, 4) is 22.5 Å². The van der Waals surface area contributed by atoms with E-state index in [9.17, 15) is 4.79 Å². The number of nitrogens with zero attached hydrogens (tertiary/aromatic N) is 2. The highest BCUT2D eigenvalue weighted by Gasteiger charge is 2.24. The number of para-hydroxylation sites is 1. The van der Waals surface area contributed by atoms with Crippen molar-refractivity contribution < 1.29 is 4.79 Å². The predicted molar refractivity (Wildman–Crippen MR) is 116 cm³/mol. The minimum Gasteiger partial charge on any atom is -0.358 e. The third-order valence-electron chi connectivity index (χ3n) is 6.01. The fraction of sp³-hybridized carbons (Fsp3) is 0.240. The number of aromatic nitrogens is 3. The monoisotopic (exact) mass is 381 g/mol. The van der Waals surface area contributed by atoms with Crippen LogP contribution in [0.15, 0.2) is 60.9 Å². The van der Waals surface area contributed by atoms with Crippen LogP contribution in [0, 0.1) is 5.92 Å². The molecule has 0 fully saturated rings. The van der Waals surface area contributed by atoms with Gasteiger partial charge in [0, 0.05) is 52.3 Å². The summed E-state index contributed by atoms with van der Waals surface area (Å²) in [5, 5.41) is 1.10. The first kappa shape index (κ1) is 17.8. The van der Waals surface area contributed by atoms with Gasteiger partial charge in [0.2, 0.25) is 0 Å². The molecule has 0 saturated carbocycles. The summed E-state index contributed by atoms with van der Waals surface area (Å²) in [6.07, 6.45) is 7.42. The van der Waals surface area contributed by atoms with Gasteiger partial charge in [-0.3, -0.25) is 14.8 Å². The van der Waals surface area contributed by atoms with Crippen molar-refractivity contribution >= 4 is 16.7 Å². The molecule has 0 amide bonds. The van der Waals surface area contributed by atoms with Crippen LogP contribution in [0.4, 0.5) is 0 Å². The van der Waals surface area contributed by atoms with Crippen LogP contribution < -0.4 is 0 Å². The van der Waals surface area contributed by atoms with Gasteiger partial charge in [-0.25, -0.2) is 0 Å². The van der Waals surface area contributed by atoms with Crippen molar-refractivity contribution in [2.75, 3.05) is 0 Å². The minimum atomic E-state index is 0.264. The lowest BCUT2D eigenvalue weighted by molar-refractivity contribution is 0.0962. The Morgan fingerprint density at radius 3 is 2.86 bits per heavy atom. The van der Waals surface area contributed by atoms with Crippen molar-refractivity contribution in [1.29, 1.82) is 0 Å². The van der Waals surface area contributed by atoms with Gasteiger partial charge in [-0.2, -0.15) is 0 Å². The quantitative estimate of drug-likeness (QED) is 0.454. The van der Waals surface area contributed by atoms with Gasteiger partial charge in [-0.05, 0) is 49.1 Å². The second-order valence-electron chi connectivity index (χ2n) is 7.86. The largest absolute Gasteiger partial charge is 0.358 e. The van der Waals surface area contributed by atoms with Gasteiger partial charge >= 0.3 is 0 Å². The van der Waals surface area contributed by atoms with Crippen LogP contribution >= 0.6 is 0 Å². The van der Waals surface area contributed by atoms with E-state index in [1.807, 2.05) is 42.7 Å². The maximum Gasteiger partial charge on any atom is 0.164 e. The molecule has 4 heteroatoms. The summed E-state index contributed by atoms with van der Waals surface area (Å²) < 4.78 is 0. The first-order chi connectivity index (χ1) is 14.2. The Bertz CT molecular complexity index is 1210. The van der Waals surface area contributed by atoms with E-state index in [1.54, 1.807) is 0 Å². The number of carbonyl (C=O) groups excluding carboxylic acids is 1. The molecule has 1 N–H and O–H groups in total. The molecule has 4 aromatic rings. The Balaban J connectivity index is 1.50. The van der Waals surface area contributed by atoms with Crippen LogP contribution in [0.25, 0.3) is 33.4 Å². The molecule has 0 spiro atoms. The van der Waals surface area contributed by atoms with Crippen molar-refractivity contribution in [1.82, 2.24) is 15.0 Å². The maximum atomic E-state index is 12.7. The molecule has 5 rings (SSSR count). The van der Waals surface area contributed by atoms with E-state index >= 15 is 0 Å². The van der Waals surface area contributed by atoms with Gasteiger partial charge in [0.1, 0.15) is 0 Å². The van der Waals surface area contributed by atoms with E-state index in [0.717, 1.165) is 63.9 Å². The number of Topliss-reactive ketones (excluding diaryl/α,β-unsaturated/α-hetero) is 1. The molecular weight excluding hydrogens is 358 g/mol. The number of aryl methyl sites for hydroxylation is 1. The average molecular weight is 381 g/mol. The number of pyridine rings is 2.